The van der Waals surface area contributed by atoms with Crippen LogP contribution in [0.1, 0.15) is 24.3 Å². The summed E-state index contributed by atoms with van der Waals surface area (Å²) < 4.78 is 2.00. The second kappa shape index (κ2) is 9.40. The lowest BCUT2D eigenvalue weighted by Gasteiger charge is -2.33. The number of aromatic nitrogens is 1. The van der Waals surface area contributed by atoms with Gasteiger partial charge in [-0.3, -0.25) is 9.69 Å². The number of likely N-dealkylation sites (N-methyl/N-ethyl adjacent to an activating group) is 1. The maximum atomic E-state index is 12.7. The van der Waals surface area contributed by atoms with E-state index in [4.69, 9.17) is 11.6 Å². The fourth-order valence-corrected chi connectivity index (χ4v) is 3.64. The second-order valence-corrected chi connectivity index (χ2v) is 7.38. The first-order valence-electron chi connectivity index (χ1n) is 9.79. The van der Waals surface area contributed by atoms with Gasteiger partial charge in [-0.1, -0.05) is 30.7 Å². The van der Waals surface area contributed by atoms with Gasteiger partial charge in [0.15, 0.2) is 0 Å². The molecule has 0 bridgehead atoms. The van der Waals surface area contributed by atoms with Crippen molar-refractivity contribution in [2.24, 2.45) is 0 Å². The third-order valence-corrected chi connectivity index (χ3v) is 5.53. The number of benzene rings is 1. The van der Waals surface area contributed by atoms with Crippen LogP contribution < -0.4 is 5.32 Å². The van der Waals surface area contributed by atoms with Crippen LogP contribution >= 0.6 is 11.6 Å². The zero-order chi connectivity index (χ0) is 19.2. The van der Waals surface area contributed by atoms with Gasteiger partial charge >= 0.3 is 0 Å². The summed E-state index contributed by atoms with van der Waals surface area (Å²) in [5.74, 6) is -0.00995. The first kappa shape index (κ1) is 19.9. The Bertz CT molecular complexity index is 748. The fraction of sp³-hybridized carbons (Fsp3) is 0.476. The predicted octanol–water partition coefficient (Wildman–Crippen LogP) is 3.20. The Morgan fingerprint density at radius 2 is 1.67 bits per heavy atom. The van der Waals surface area contributed by atoms with E-state index in [1.54, 1.807) is 0 Å². The molecular formula is C21H29ClN4O. The summed E-state index contributed by atoms with van der Waals surface area (Å²) >= 11 is 5.97. The van der Waals surface area contributed by atoms with Gasteiger partial charge in [-0.25, -0.2) is 0 Å². The van der Waals surface area contributed by atoms with Crippen molar-refractivity contribution in [2.75, 3.05) is 45.8 Å². The Balaban J connectivity index is 1.57. The molecule has 1 aromatic carbocycles. The lowest BCUT2D eigenvalue weighted by molar-refractivity contribution is 0.0929. The molecule has 0 atom stereocenters. The number of carbonyl (C=O) groups is 1. The monoisotopic (exact) mass is 388 g/mol. The molecule has 0 spiro atoms. The number of hydrogen-bond donors (Lipinski definition) is 1. The molecule has 1 aromatic heterocycles. The highest BCUT2D eigenvalue weighted by Crippen LogP contribution is 2.24. The van der Waals surface area contributed by atoms with Gasteiger partial charge in [-0.15, -0.1) is 0 Å². The summed E-state index contributed by atoms with van der Waals surface area (Å²) in [6, 6.07) is 9.67. The molecule has 2 aromatic rings. The molecule has 6 heteroatoms. The van der Waals surface area contributed by atoms with Gasteiger partial charge < -0.3 is 14.8 Å². The topological polar surface area (TPSA) is 40.5 Å². The van der Waals surface area contributed by atoms with Gasteiger partial charge in [-0.05, 0) is 37.2 Å². The van der Waals surface area contributed by atoms with Crippen molar-refractivity contribution in [3.63, 3.8) is 0 Å². The van der Waals surface area contributed by atoms with E-state index in [9.17, 15) is 4.79 Å². The lowest BCUT2D eigenvalue weighted by Crippen LogP contribution is -2.48. The molecule has 0 radical (unpaired) electrons. The van der Waals surface area contributed by atoms with Crippen LogP contribution in [0.15, 0.2) is 36.5 Å². The Kier molecular flexibility index (Phi) is 6.94. The van der Waals surface area contributed by atoms with E-state index in [-0.39, 0.29) is 5.91 Å². The maximum absolute atomic E-state index is 12.7. The highest BCUT2D eigenvalue weighted by molar-refractivity contribution is 6.30. The van der Waals surface area contributed by atoms with Gasteiger partial charge in [0.25, 0.3) is 5.91 Å². The standard InChI is InChI=1S/C21H29ClN4O/c1-3-24-11-13-25(14-12-24)10-9-23-21(27)20-15-18(16-26(20)4-2)17-5-7-19(22)8-6-17/h5-8,15-16H,3-4,9-14H2,1-2H3,(H,23,27). The van der Waals surface area contributed by atoms with E-state index < -0.39 is 0 Å². The summed E-state index contributed by atoms with van der Waals surface area (Å²) in [5, 5.41) is 3.80. The average Bonchev–Trinajstić information content (AvgIpc) is 3.13. The van der Waals surface area contributed by atoms with Crippen LogP contribution in [0.2, 0.25) is 5.02 Å². The van der Waals surface area contributed by atoms with Crippen molar-refractivity contribution in [1.29, 1.82) is 0 Å². The van der Waals surface area contributed by atoms with Crippen molar-refractivity contribution < 1.29 is 4.79 Å². The Hall–Kier alpha value is -1.82. The van der Waals surface area contributed by atoms with E-state index in [1.807, 2.05) is 41.1 Å². The van der Waals surface area contributed by atoms with Crippen LogP contribution in [-0.2, 0) is 6.54 Å². The molecule has 5 nitrogen and oxygen atoms in total. The number of nitrogens with zero attached hydrogens (tertiary/aromatic N) is 3. The molecule has 146 valence electrons. The van der Waals surface area contributed by atoms with Crippen LogP contribution in [0, 0.1) is 0 Å². The smallest absolute Gasteiger partial charge is 0.267 e. The number of hydrogen-bond acceptors (Lipinski definition) is 3. The van der Waals surface area contributed by atoms with Crippen molar-refractivity contribution >= 4 is 17.5 Å². The molecule has 1 aliphatic rings. The van der Waals surface area contributed by atoms with Crippen molar-refractivity contribution in [3.8, 4) is 11.1 Å². The van der Waals surface area contributed by atoms with Crippen molar-refractivity contribution in [3.05, 3.63) is 47.2 Å². The molecule has 0 saturated carbocycles. The SMILES string of the molecule is CCN1CCN(CCNC(=O)c2cc(-c3ccc(Cl)cc3)cn2CC)CC1. The van der Waals surface area contributed by atoms with Gasteiger partial charge in [0.1, 0.15) is 5.69 Å². The fourth-order valence-electron chi connectivity index (χ4n) is 3.51. The molecule has 27 heavy (non-hydrogen) atoms. The van der Waals surface area contributed by atoms with Gasteiger partial charge in [-0.2, -0.15) is 0 Å². The number of nitrogens with one attached hydrogen (secondary N) is 1. The van der Waals surface area contributed by atoms with E-state index in [0.717, 1.165) is 56.9 Å². The first-order valence-corrected chi connectivity index (χ1v) is 10.2. The lowest BCUT2D eigenvalue weighted by atomic mass is 10.1. The summed E-state index contributed by atoms with van der Waals surface area (Å²) in [6.07, 6.45) is 2.03. The Morgan fingerprint density at radius 3 is 2.30 bits per heavy atom. The van der Waals surface area contributed by atoms with E-state index in [1.165, 1.54) is 0 Å². The van der Waals surface area contributed by atoms with Gasteiger partial charge in [0.2, 0.25) is 0 Å². The maximum Gasteiger partial charge on any atom is 0.267 e. The van der Waals surface area contributed by atoms with E-state index in [0.29, 0.717) is 17.3 Å². The highest BCUT2D eigenvalue weighted by atomic mass is 35.5. The van der Waals surface area contributed by atoms with Crippen LogP contribution in [0.5, 0.6) is 0 Å². The summed E-state index contributed by atoms with van der Waals surface area (Å²) in [6.45, 7) is 12.1. The molecule has 1 saturated heterocycles. The molecule has 3 rings (SSSR count). The highest BCUT2D eigenvalue weighted by Gasteiger charge is 2.17. The molecular weight excluding hydrogens is 360 g/mol. The molecule has 0 unspecified atom stereocenters. The minimum Gasteiger partial charge on any atom is -0.349 e. The molecule has 1 fully saturated rings. The van der Waals surface area contributed by atoms with Crippen molar-refractivity contribution in [2.45, 2.75) is 20.4 Å². The first-order chi connectivity index (χ1) is 13.1. The van der Waals surface area contributed by atoms with Crippen LogP contribution in [0.4, 0.5) is 0 Å². The number of amides is 1. The number of aryl methyl sites for hydroxylation is 1. The minimum atomic E-state index is -0.00995. The Morgan fingerprint density at radius 1 is 1.00 bits per heavy atom. The average molecular weight is 389 g/mol. The van der Waals surface area contributed by atoms with Gasteiger partial charge in [0, 0.05) is 62.6 Å². The van der Waals surface area contributed by atoms with Crippen LogP contribution in [-0.4, -0.2) is 66.1 Å². The zero-order valence-corrected chi connectivity index (χ0v) is 17.0. The molecule has 0 aliphatic carbocycles. The zero-order valence-electron chi connectivity index (χ0n) is 16.2. The van der Waals surface area contributed by atoms with Crippen molar-refractivity contribution in [1.82, 2.24) is 19.7 Å². The summed E-state index contributed by atoms with van der Waals surface area (Å²) in [7, 11) is 0. The second-order valence-electron chi connectivity index (χ2n) is 6.94. The Labute approximate surface area is 166 Å². The summed E-state index contributed by atoms with van der Waals surface area (Å²) in [5.41, 5.74) is 2.81. The normalized spacial score (nSPS) is 15.8. The minimum absolute atomic E-state index is 0.00995. The largest absolute Gasteiger partial charge is 0.349 e. The molecule has 1 aliphatic heterocycles. The van der Waals surface area contributed by atoms with E-state index in [2.05, 4.69) is 29.0 Å². The summed E-state index contributed by atoms with van der Waals surface area (Å²) in [4.78, 5) is 17.6. The number of rotatable bonds is 7. The van der Waals surface area contributed by atoms with Crippen LogP contribution in [0.3, 0.4) is 0 Å². The molecule has 2 heterocycles. The molecule has 1 amide bonds. The van der Waals surface area contributed by atoms with Crippen LogP contribution in [0.25, 0.3) is 11.1 Å². The third-order valence-electron chi connectivity index (χ3n) is 5.27. The van der Waals surface area contributed by atoms with E-state index >= 15 is 0 Å². The number of halogens is 1. The van der Waals surface area contributed by atoms with Gasteiger partial charge in [0.05, 0.1) is 0 Å². The quantitative estimate of drug-likeness (QED) is 0.791. The molecule has 1 N–H and O–H groups in total. The number of carbonyl (C=O) groups excluding carboxylic acids is 1. The third kappa shape index (κ3) is 5.12. The number of piperazine rings is 1. The predicted molar refractivity (Wildman–Crippen MR) is 111 cm³/mol.